The molecule has 0 aromatic heterocycles. The Morgan fingerprint density at radius 1 is 1.53 bits per heavy atom. The minimum absolute atomic E-state index is 0.0148. The number of hydrogen-bond acceptors (Lipinski definition) is 5. The van der Waals surface area contributed by atoms with E-state index in [0.29, 0.717) is 18.9 Å². The lowest BCUT2D eigenvalue weighted by Crippen LogP contribution is -2.38. The van der Waals surface area contributed by atoms with Gasteiger partial charge in [-0.3, -0.25) is 10.1 Å². The van der Waals surface area contributed by atoms with E-state index in [0.717, 1.165) is 25.1 Å². The highest BCUT2D eigenvalue weighted by atomic mass is 16.6. The highest BCUT2D eigenvalue weighted by molar-refractivity contribution is 5.58. The van der Waals surface area contributed by atoms with Crippen LogP contribution in [0.15, 0.2) is 18.2 Å². The molecule has 1 saturated heterocycles. The summed E-state index contributed by atoms with van der Waals surface area (Å²) < 4.78 is 5.36. The topological polar surface area (TPSA) is 75.8 Å². The molecule has 0 aliphatic carbocycles. The first kappa shape index (κ1) is 13.6. The van der Waals surface area contributed by atoms with E-state index in [4.69, 9.17) is 4.74 Å². The monoisotopic (exact) mass is 266 g/mol. The molecule has 6 nitrogen and oxygen atoms in total. The number of rotatable bonds is 4. The first-order chi connectivity index (χ1) is 9.10. The molecule has 0 bridgehead atoms. The molecule has 1 aliphatic rings. The molecule has 0 amide bonds. The number of ether oxygens (including phenoxy) is 1. The van der Waals surface area contributed by atoms with Gasteiger partial charge in [0.05, 0.1) is 23.7 Å². The normalized spacial score (nSPS) is 19.3. The Morgan fingerprint density at radius 2 is 2.32 bits per heavy atom. The van der Waals surface area contributed by atoms with Gasteiger partial charge in [0, 0.05) is 30.9 Å². The van der Waals surface area contributed by atoms with Crippen LogP contribution in [0.2, 0.25) is 0 Å². The van der Waals surface area contributed by atoms with Gasteiger partial charge in [-0.1, -0.05) is 0 Å². The summed E-state index contributed by atoms with van der Waals surface area (Å²) >= 11 is 0. The lowest BCUT2D eigenvalue weighted by atomic mass is 10.1. The number of aliphatic hydroxyl groups is 1. The highest BCUT2D eigenvalue weighted by Gasteiger charge is 2.20. The number of non-ortho nitro benzene ring substituents is 1. The second-order valence-electron chi connectivity index (χ2n) is 4.62. The Kier molecular flexibility index (Phi) is 4.21. The third-order valence-electron chi connectivity index (χ3n) is 3.16. The fourth-order valence-electron chi connectivity index (χ4n) is 2.30. The Bertz CT molecular complexity index is 464. The molecule has 0 saturated carbocycles. The fraction of sp³-hybridized carbons (Fsp3) is 0.538. The van der Waals surface area contributed by atoms with Crippen molar-refractivity contribution in [3.8, 4) is 5.75 Å². The van der Waals surface area contributed by atoms with E-state index in [1.54, 1.807) is 6.07 Å². The summed E-state index contributed by atoms with van der Waals surface area (Å²) in [6.45, 7) is 3.60. The van der Waals surface area contributed by atoms with Crippen molar-refractivity contribution >= 4 is 11.4 Å². The summed E-state index contributed by atoms with van der Waals surface area (Å²) in [5.41, 5.74) is 0.748. The number of aliphatic hydroxyl groups excluding tert-OH is 1. The van der Waals surface area contributed by atoms with Crippen molar-refractivity contribution in [2.45, 2.75) is 25.9 Å². The van der Waals surface area contributed by atoms with Crippen molar-refractivity contribution in [1.29, 1.82) is 0 Å². The maximum Gasteiger partial charge on any atom is 0.275 e. The molecule has 2 rings (SSSR count). The zero-order valence-electron chi connectivity index (χ0n) is 10.9. The number of nitrogens with zero attached hydrogens (tertiary/aromatic N) is 2. The van der Waals surface area contributed by atoms with Crippen LogP contribution in [0.25, 0.3) is 0 Å². The predicted octanol–water partition coefficient (Wildman–Crippen LogP) is 1.95. The van der Waals surface area contributed by atoms with Crippen LogP contribution in [0, 0.1) is 10.1 Å². The number of piperidine rings is 1. The molecule has 1 aliphatic heterocycles. The maximum atomic E-state index is 10.9. The molecule has 19 heavy (non-hydrogen) atoms. The zero-order chi connectivity index (χ0) is 13.8. The zero-order valence-corrected chi connectivity index (χ0v) is 10.9. The lowest BCUT2D eigenvalue weighted by Gasteiger charge is -2.32. The molecule has 1 N–H and O–H groups in total. The van der Waals surface area contributed by atoms with Crippen molar-refractivity contribution in [3.63, 3.8) is 0 Å². The molecule has 0 radical (unpaired) electrons. The fourth-order valence-corrected chi connectivity index (χ4v) is 2.30. The molecule has 1 aromatic carbocycles. The molecule has 1 heterocycles. The van der Waals surface area contributed by atoms with E-state index in [1.165, 1.54) is 12.1 Å². The van der Waals surface area contributed by atoms with Crippen LogP contribution >= 0.6 is 0 Å². The van der Waals surface area contributed by atoms with E-state index in [9.17, 15) is 15.2 Å². The van der Waals surface area contributed by atoms with Gasteiger partial charge in [0.25, 0.3) is 5.69 Å². The number of anilines is 1. The van der Waals surface area contributed by atoms with Crippen LogP contribution in [0.4, 0.5) is 11.4 Å². The van der Waals surface area contributed by atoms with Gasteiger partial charge in [-0.2, -0.15) is 0 Å². The molecule has 1 unspecified atom stereocenters. The SMILES string of the molecule is CCOc1cc(N2CCCC(O)C2)cc([N+](=O)[O-])c1. The molecule has 0 spiro atoms. The molecule has 1 atom stereocenters. The van der Waals surface area contributed by atoms with Crippen LogP contribution in [0.3, 0.4) is 0 Å². The van der Waals surface area contributed by atoms with E-state index >= 15 is 0 Å². The van der Waals surface area contributed by atoms with Crippen molar-refractivity contribution in [2.24, 2.45) is 0 Å². The molecule has 104 valence electrons. The number of nitro groups is 1. The number of β-amino-alcohol motifs (C(OH)–C–C–N with tert-alkyl or cyclic N) is 1. The van der Waals surface area contributed by atoms with E-state index < -0.39 is 4.92 Å². The highest BCUT2D eigenvalue weighted by Crippen LogP contribution is 2.30. The van der Waals surface area contributed by atoms with Gasteiger partial charge in [0.2, 0.25) is 0 Å². The van der Waals surface area contributed by atoms with E-state index in [-0.39, 0.29) is 11.8 Å². The Morgan fingerprint density at radius 3 is 2.95 bits per heavy atom. The lowest BCUT2D eigenvalue weighted by molar-refractivity contribution is -0.384. The van der Waals surface area contributed by atoms with Crippen LogP contribution in [0.5, 0.6) is 5.75 Å². The summed E-state index contributed by atoms with van der Waals surface area (Å²) in [4.78, 5) is 12.5. The molecular weight excluding hydrogens is 248 g/mol. The van der Waals surface area contributed by atoms with Crippen LogP contribution in [0.1, 0.15) is 19.8 Å². The second-order valence-corrected chi connectivity index (χ2v) is 4.62. The minimum Gasteiger partial charge on any atom is -0.494 e. The second kappa shape index (κ2) is 5.88. The average Bonchev–Trinajstić information content (AvgIpc) is 2.38. The summed E-state index contributed by atoms with van der Waals surface area (Å²) in [6, 6.07) is 4.74. The molecule has 1 fully saturated rings. The molecule has 6 heteroatoms. The van der Waals surface area contributed by atoms with Gasteiger partial charge >= 0.3 is 0 Å². The van der Waals surface area contributed by atoms with Gasteiger partial charge in [0.1, 0.15) is 5.75 Å². The van der Waals surface area contributed by atoms with Gasteiger partial charge in [-0.25, -0.2) is 0 Å². The van der Waals surface area contributed by atoms with E-state index in [2.05, 4.69) is 0 Å². The van der Waals surface area contributed by atoms with Crippen LogP contribution in [-0.4, -0.2) is 35.8 Å². The van der Waals surface area contributed by atoms with Crippen molar-refractivity contribution in [1.82, 2.24) is 0 Å². The predicted molar refractivity (Wildman–Crippen MR) is 71.7 cm³/mol. The standard InChI is InChI=1S/C13H18N2O4/c1-2-19-13-7-10(6-11(8-13)15(17)18)14-5-3-4-12(16)9-14/h6-8,12,16H,2-5,9H2,1H3. The first-order valence-electron chi connectivity index (χ1n) is 6.45. The third kappa shape index (κ3) is 3.35. The number of hydrogen-bond donors (Lipinski definition) is 1. The number of nitro benzene ring substituents is 1. The molecular formula is C13H18N2O4. The largest absolute Gasteiger partial charge is 0.494 e. The summed E-state index contributed by atoms with van der Waals surface area (Å²) in [7, 11) is 0. The summed E-state index contributed by atoms with van der Waals surface area (Å²) in [5, 5.41) is 20.6. The Labute approximate surface area is 111 Å². The van der Waals surface area contributed by atoms with Gasteiger partial charge in [-0.15, -0.1) is 0 Å². The summed E-state index contributed by atoms with van der Waals surface area (Å²) in [5.74, 6) is 0.492. The van der Waals surface area contributed by atoms with Crippen molar-refractivity contribution in [3.05, 3.63) is 28.3 Å². The van der Waals surface area contributed by atoms with Crippen LogP contribution < -0.4 is 9.64 Å². The van der Waals surface area contributed by atoms with E-state index in [1.807, 2.05) is 11.8 Å². The van der Waals surface area contributed by atoms with Gasteiger partial charge < -0.3 is 14.7 Å². The smallest absolute Gasteiger partial charge is 0.275 e. The van der Waals surface area contributed by atoms with Crippen molar-refractivity contribution < 1.29 is 14.8 Å². The maximum absolute atomic E-state index is 10.9. The first-order valence-corrected chi connectivity index (χ1v) is 6.45. The van der Waals surface area contributed by atoms with Gasteiger partial charge in [-0.05, 0) is 19.8 Å². The molecule has 1 aromatic rings. The third-order valence-corrected chi connectivity index (χ3v) is 3.16. The van der Waals surface area contributed by atoms with Gasteiger partial charge in [0.15, 0.2) is 0 Å². The quantitative estimate of drug-likeness (QED) is 0.666. The average molecular weight is 266 g/mol. The van der Waals surface area contributed by atoms with Crippen molar-refractivity contribution in [2.75, 3.05) is 24.6 Å². The minimum atomic E-state index is -0.424. The van der Waals surface area contributed by atoms with Crippen LogP contribution in [-0.2, 0) is 0 Å². The Hall–Kier alpha value is -1.82. The summed E-state index contributed by atoms with van der Waals surface area (Å²) in [6.07, 6.45) is 1.29. The number of benzene rings is 1. The Balaban J connectivity index is 2.29.